The van der Waals surface area contributed by atoms with Crippen LogP contribution in [0.1, 0.15) is 38.2 Å². The Morgan fingerprint density at radius 2 is 1.75 bits per heavy atom. The monoisotopic (exact) mass is 295 g/mol. The number of ether oxygens (including phenoxy) is 1. The van der Waals surface area contributed by atoms with E-state index in [1.165, 1.54) is 19.8 Å². The minimum Gasteiger partial charge on any atom is -0.454 e. The number of benzene rings is 1. The van der Waals surface area contributed by atoms with Crippen LogP contribution < -0.4 is 0 Å². The summed E-state index contributed by atoms with van der Waals surface area (Å²) in [7, 11) is 2.20. The quantitative estimate of drug-likeness (QED) is 0.785. The highest BCUT2D eigenvalue weighted by atomic mass is 35.5. The number of rotatable bonds is 2. The van der Waals surface area contributed by atoms with Crippen molar-refractivity contribution >= 4 is 18.4 Å². The lowest BCUT2D eigenvalue weighted by atomic mass is 9.80. The van der Waals surface area contributed by atoms with Crippen molar-refractivity contribution in [2.75, 3.05) is 7.05 Å². The third-order valence-corrected chi connectivity index (χ3v) is 4.75. The Bertz CT molecular complexity index is 463. The lowest BCUT2D eigenvalue weighted by molar-refractivity contribution is -0.167. The van der Waals surface area contributed by atoms with Gasteiger partial charge in [-0.05, 0) is 25.5 Å². The topological polar surface area (TPSA) is 29.5 Å². The molecule has 2 bridgehead atoms. The molecule has 0 aliphatic carbocycles. The second-order valence-electron chi connectivity index (χ2n) is 5.91. The first kappa shape index (κ1) is 15.3. The molecule has 0 aromatic heterocycles. The largest absolute Gasteiger partial charge is 0.454 e. The highest BCUT2D eigenvalue weighted by Crippen LogP contribution is 2.47. The molecule has 2 fully saturated rings. The zero-order chi connectivity index (χ0) is 13.5. The van der Waals surface area contributed by atoms with Crippen LogP contribution in [-0.2, 0) is 15.1 Å². The van der Waals surface area contributed by atoms with Crippen LogP contribution in [0.15, 0.2) is 30.3 Å². The van der Waals surface area contributed by atoms with Crippen molar-refractivity contribution in [1.82, 2.24) is 4.90 Å². The van der Waals surface area contributed by atoms with Crippen molar-refractivity contribution in [2.24, 2.45) is 0 Å². The molecule has 2 saturated heterocycles. The SMILES string of the molecule is CC(=O)OC1(c2ccccc2)CC2CCC(C1)N2C.Cl. The van der Waals surface area contributed by atoms with Crippen LogP contribution in [0.2, 0.25) is 0 Å². The summed E-state index contributed by atoms with van der Waals surface area (Å²) < 4.78 is 5.83. The van der Waals surface area contributed by atoms with Crippen LogP contribution >= 0.6 is 12.4 Å². The Labute approximate surface area is 126 Å². The van der Waals surface area contributed by atoms with E-state index in [2.05, 4.69) is 24.1 Å². The van der Waals surface area contributed by atoms with E-state index in [1.807, 2.05) is 18.2 Å². The predicted molar refractivity (Wildman–Crippen MR) is 80.9 cm³/mol. The highest BCUT2D eigenvalue weighted by Gasteiger charge is 2.49. The molecule has 4 heteroatoms. The summed E-state index contributed by atoms with van der Waals surface area (Å²) in [6, 6.07) is 11.3. The lowest BCUT2D eigenvalue weighted by Crippen LogP contribution is -2.49. The third kappa shape index (κ3) is 2.57. The molecule has 1 aromatic rings. The van der Waals surface area contributed by atoms with Gasteiger partial charge in [-0.1, -0.05) is 30.3 Å². The van der Waals surface area contributed by atoms with E-state index in [0.717, 1.165) is 18.4 Å². The van der Waals surface area contributed by atoms with Gasteiger partial charge in [0.15, 0.2) is 0 Å². The lowest BCUT2D eigenvalue weighted by Gasteiger charge is -2.44. The van der Waals surface area contributed by atoms with E-state index in [-0.39, 0.29) is 18.4 Å². The first-order valence-corrected chi connectivity index (χ1v) is 7.08. The van der Waals surface area contributed by atoms with Gasteiger partial charge in [0, 0.05) is 31.8 Å². The average Bonchev–Trinajstić information content (AvgIpc) is 2.63. The number of fused-ring (bicyclic) bond motifs is 2. The molecule has 0 radical (unpaired) electrons. The van der Waals surface area contributed by atoms with Crippen LogP contribution in [0.25, 0.3) is 0 Å². The van der Waals surface area contributed by atoms with Crippen molar-refractivity contribution in [2.45, 2.75) is 50.3 Å². The van der Waals surface area contributed by atoms with Gasteiger partial charge in [-0.25, -0.2) is 0 Å². The molecule has 20 heavy (non-hydrogen) atoms. The predicted octanol–water partition coefficient (Wildman–Crippen LogP) is 3.12. The molecular formula is C16H22ClNO2. The average molecular weight is 296 g/mol. The van der Waals surface area contributed by atoms with E-state index in [9.17, 15) is 4.79 Å². The molecule has 2 aliphatic rings. The number of halogens is 1. The van der Waals surface area contributed by atoms with Crippen LogP contribution in [0, 0.1) is 0 Å². The van der Waals surface area contributed by atoms with Crippen LogP contribution in [-0.4, -0.2) is 30.0 Å². The second-order valence-corrected chi connectivity index (χ2v) is 5.91. The molecule has 0 saturated carbocycles. The summed E-state index contributed by atoms with van der Waals surface area (Å²) in [4.78, 5) is 14.0. The zero-order valence-corrected chi connectivity index (χ0v) is 12.9. The summed E-state index contributed by atoms with van der Waals surface area (Å²) in [6.07, 6.45) is 4.28. The molecule has 3 nitrogen and oxygen atoms in total. The standard InChI is InChI=1S/C16H21NO2.ClH/c1-12(18)19-16(13-6-4-3-5-7-13)10-14-8-9-15(11-16)17(14)2;/h3-7,14-15H,8-11H2,1-2H3;1H. The number of esters is 1. The first-order chi connectivity index (χ1) is 9.11. The molecule has 0 N–H and O–H groups in total. The van der Waals surface area contributed by atoms with Crippen molar-refractivity contribution in [3.63, 3.8) is 0 Å². The van der Waals surface area contributed by atoms with Gasteiger partial charge in [-0.2, -0.15) is 0 Å². The summed E-state index contributed by atoms with van der Waals surface area (Å²) >= 11 is 0. The van der Waals surface area contributed by atoms with Crippen LogP contribution in [0.4, 0.5) is 0 Å². The summed E-state index contributed by atoms with van der Waals surface area (Å²) in [5, 5.41) is 0. The van der Waals surface area contributed by atoms with Crippen molar-refractivity contribution < 1.29 is 9.53 Å². The number of piperidine rings is 1. The molecule has 0 spiro atoms. The summed E-state index contributed by atoms with van der Waals surface area (Å²) in [5.74, 6) is -0.173. The molecule has 2 aliphatic heterocycles. The maximum atomic E-state index is 11.6. The van der Waals surface area contributed by atoms with E-state index in [4.69, 9.17) is 4.74 Å². The fraction of sp³-hybridized carbons (Fsp3) is 0.562. The number of nitrogens with zero attached hydrogens (tertiary/aromatic N) is 1. The maximum absolute atomic E-state index is 11.6. The Morgan fingerprint density at radius 1 is 1.20 bits per heavy atom. The maximum Gasteiger partial charge on any atom is 0.303 e. The molecule has 2 unspecified atom stereocenters. The van der Waals surface area contributed by atoms with Crippen molar-refractivity contribution in [3.8, 4) is 0 Å². The number of carbonyl (C=O) groups excluding carboxylic acids is 1. The Hall–Kier alpha value is -1.06. The molecular weight excluding hydrogens is 274 g/mol. The Morgan fingerprint density at radius 3 is 2.25 bits per heavy atom. The molecule has 2 heterocycles. The van der Waals surface area contributed by atoms with Gasteiger partial charge < -0.3 is 9.64 Å². The molecule has 3 rings (SSSR count). The van der Waals surface area contributed by atoms with Crippen LogP contribution in [0.5, 0.6) is 0 Å². The summed E-state index contributed by atoms with van der Waals surface area (Å²) in [5.41, 5.74) is 0.737. The molecule has 2 atom stereocenters. The smallest absolute Gasteiger partial charge is 0.303 e. The zero-order valence-electron chi connectivity index (χ0n) is 12.0. The third-order valence-electron chi connectivity index (χ3n) is 4.75. The van der Waals surface area contributed by atoms with Gasteiger partial charge >= 0.3 is 5.97 Å². The number of carbonyl (C=O) groups is 1. The number of hydrogen-bond donors (Lipinski definition) is 0. The molecule has 1 aromatic carbocycles. The van der Waals surface area contributed by atoms with Gasteiger partial charge in [0.05, 0.1) is 0 Å². The van der Waals surface area contributed by atoms with Gasteiger partial charge in [0.25, 0.3) is 0 Å². The van der Waals surface area contributed by atoms with Gasteiger partial charge in [0.1, 0.15) is 5.60 Å². The van der Waals surface area contributed by atoms with Gasteiger partial charge in [-0.15, -0.1) is 12.4 Å². The minimum atomic E-state index is -0.411. The number of hydrogen-bond acceptors (Lipinski definition) is 3. The van der Waals surface area contributed by atoms with Crippen LogP contribution in [0.3, 0.4) is 0 Å². The van der Waals surface area contributed by atoms with Gasteiger partial charge in [-0.3, -0.25) is 4.79 Å². The van der Waals surface area contributed by atoms with E-state index >= 15 is 0 Å². The highest BCUT2D eigenvalue weighted by molar-refractivity contribution is 5.85. The normalized spacial score (nSPS) is 32.5. The van der Waals surface area contributed by atoms with E-state index < -0.39 is 5.60 Å². The first-order valence-electron chi connectivity index (χ1n) is 7.08. The second kappa shape index (κ2) is 5.74. The van der Waals surface area contributed by atoms with Crippen molar-refractivity contribution in [3.05, 3.63) is 35.9 Å². The fourth-order valence-electron chi connectivity index (χ4n) is 3.82. The Kier molecular flexibility index (Phi) is 4.40. The Balaban J connectivity index is 0.00000147. The van der Waals surface area contributed by atoms with Gasteiger partial charge in [0.2, 0.25) is 0 Å². The summed E-state index contributed by atoms with van der Waals surface area (Å²) in [6.45, 7) is 1.52. The molecule has 110 valence electrons. The van der Waals surface area contributed by atoms with Crippen molar-refractivity contribution in [1.29, 1.82) is 0 Å². The minimum absolute atomic E-state index is 0. The fourth-order valence-corrected chi connectivity index (χ4v) is 3.82. The van der Waals surface area contributed by atoms with E-state index in [0.29, 0.717) is 12.1 Å². The molecule has 0 amide bonds. The van der Waals surface area contributed by atoms with E-state index in [1.54, 1.807) is 0 Å².